The Hall–Kier alpha value is -3.23. The van der Waals surface area contributed by atoms with Gasteiger partial charge in [0.1, 0.15) is 18.0 Å². The maximum Gasteiger partial charge on any atom is 0.226 e. The van der Waals surface area contributed by atoms with Crippen LogP contribution in [0.4, 0.5) is 17.6 Å². The number of hydrogen-bond donors (Lipinski definition) is 0. The van der Waals surface area contributed by atoms with E-state index in [0.29, 0.717) is 11.8 Å². The van der Waals surface area contributed by atoms with Crippen molar-refractivity contribution in [3.8, 4) is 5.82 Å². The molecular weight excluding hydrogens is 378 g/mol. The maximum absolute atomic E-state index is 4.71. The van der Waals surface area contributed by atoms with Crippen LogP contribution < -0.4 is 14.7 Å². The van der Waals surface area contributed by atoms with Crippen molar-refractivity contribution in [3.05, 3.63) is 42.1 Å². The van der Waals surface area contributed by atoms with E-state index >= 15 is 0 Å². The Kier molecular flexibility index (Phi) is 4.52. The summed E-state index contributed by atoms with van der Waals surface area (Å²) in [7, 11) is 3.94. The highest BCUT2D eigenvalue weighted by Crippen LogP contribution is 2.35. The summed E-state index contributed by atoms with van der Waals surface area (Å²) in [5.74, 6) is 4.78. The van der Waals surface area contributed by atoms with Crippen molar-refractivity contribution >= 4 is 17.6 Å². The van der Waals surface area contributed by atoms with Crippen molar-refractivity contribution in [2.75, 3.05) is 55.0 Å². The van der Waals surface area contributed by atoms with Crippen LogP contribution >= 0.6 is 0 Å². The van der Waals surface area contributed by atoms with Crippen LogP contribution in [0, 0.1) is 25.7 Å². The van der Waals surface area contributed by atoms with Gasteiger partial charge in [-0.05, 0) is 26.0 Å². The van der Waals surface area contributed by atoms with Gasteiger partial charge in [-0.15, -0.1) is 0 Å². The number of rotatable bonds is 4. The molecule has 2 aliphatic heterocycles. The third-order valence-corrected chi connectivity index (χ3v) is 6.03. The minimum Gasteiger partial charge on any atom is -0.356 e. The second kappa shape index (κ2) is 7.23. The monoisotopic (exact) mass is 405 g/mol. The summed E-state index contributed by atoms with van der Waals surface area (Å²) in [6.07, 6.45) is 3.49. The van der Waals surface area contributed by atoms with E-state index in [0.717, 1.165) is 61.0 Å². The molecule has 0 aliphatic carbocycles. The van der Waals surface area contributed by atoms with E-state index in [1.54, 1.807) is 6.33 Å². The van der Waals surface area contributed by atoms with Gasteiger partial charge in [0.2, 0.25) is 5.95 Å². The number of nitrogens with zero attached hydrogens (tertiary/aromatic N) is 9. The lowest BCUT2D eigenvalue weighted by Crippen LogP contribution is -2.30. The molecule has 9 nitrogen and oxygen atoms in total. The number of aryl methyl sites for hydroxylation is 2. The van der Waals surface area contributed by atoms with Gasteiger partial charge in [-0.25, -0.2) is 19.6 Å². The molecule has 30 heavy (non-hydrogen) atoms. The van der Waals surface area contributed by atoms with Crippen LogP contribution in [0.2, 0.25) is 0 Å². The predicted octanol–water partition coefficient (Wildman–Crippen LogP) is 1.71. The van der Waals surface area contributed by atoms with Gasteiger partial charge in [-0.2, -0.15) is 10.1 Å². The number of hydrogen-bond acceptors (Lipinski definition) is 8. The van der Waals surface area contributed by atoms with Gasteiger partial charge >= 0.3 is 0 Å². The summed E-state index contributed by atoms with van der Waals surface area (Å²) in [5.41, 5.74) is 2.07. The van der Waals surface area contributed by atoms with E-state index in [1.807, 2.05) is 55.9 Å². The zero-order valence-electron chi connectivity index (χ0n) is 17.9. The van der Waals surface area contributed by atoms with Crippen LogP contribution in [-0.2, 0) is 0 Å². The molecule has 0 amide bonds. The second-order valence-corrected chi connectivity index (χ2v) is 8.51. The first-order valence-corrected chi connectivity index (χ1v) is 10.3. The fourth-order valence-electron chi connectivity index (χ4n) is 4.58. The zero-order chi connectivity index (χ0) is 20.8. The smallest absolute Gasteiger partial charge is 0.226 e. The van der Waals surface area contributed by atoms with Crippen LogP contribution in [0.25, 0.3) is 5.82 Å². The molecule has 5 heterocycles. The SMILES string of the molecule is Cc1cc(C)n(-c2cc(N3CC4CN(c5ccnc(N(C)C)n5)CC4C3)ncn2)n1. The Labute approximate surface area is 176 Å². The van der Waals surface area contributed by atoms with E-state index < -0.39 is 0 Å². The molecule has 2 fully saturated rings. The highest BCUT2D eigenvalue weighted by atomic mass is 15.3. The Balaban J connectivity index is 1.30. The molecule has 2 aliphatic rings. The predicted molar refractivity (Wildman–Crippen MR) is 116 cm³/mol. The average molecular weight is 406 g/mol. The molecule has 0 bridgehead atoms. The van der Waals surface area contributed by atoms with Crippen molar-refractivity contribution in [1.29, 1.82) is 0 Å². The molecule has 2 atom stereocenters. The van der Waals surface area contributed by atoms with E-state index in [9.17, 15) is 0 Å². The fraction of sp³-hybridized carbons (Fsp3) is 0.476. The van der Waals surface area contributed by atoms with E-state index in [-0.39, 0.29) is 0 Å². The van der Waals surface area contributed by atoms with E-state index in [4.69, 9.17) is 4.98 Å². The minimum absolute atomic E-state index is 0.606. The first-order chi connectivity index (χ1) is 14.5. The van der Waals surface area contributed by atoms with Crippen molar-refractivity contribution in [3.63, 3.8) is 0 Å². The Morgan fingerprint density at radius 1 is 0.867 bits per heavy atom. The van der Waals surface area contributed by atoms with Crippen molar-refractivity contribution in [2.24, 2.45) is 11.8 Å². The first kappa shape index (κ1) is 18.8. The zero-order valence-corrected chi connectivity index (χ0v) is 17.9. The maximum atomic E-state index is 4.71. The molecule has 0 spiro atoms. The lowest BCUT2D eigenvalue weighted by Gasteiger charge is -2.23. The summed E-state index contributed by atoms with van der Waals surface area (Å²) in [6, 6.07) is 6.12. The Morgan fingerprint density at radius 3 is 2.17 bits per heavy atom. The molecule has 0 saturated carbocycles. The van der Waals surface area contributed by atoms with Gasteiger partial charge in [-0.1, -0.05) is 0 Å². The topological polar surface area (TPSA) is 79.1 Å². The molecule has 0 N–H and O–H groups in total. The van der Waals surface area contributed by atoms with Crippen LogP contribution in [-0.4, -0.2) is 70.0 Å². The molecule has 5 rings (SSSR count). The summed E-state index contributed by atoms with van der Waals surface area (Å²) < 4.78 is 1.89. The summed E-state index contributed by atoms with van der Waals surface area (Å²) in [6.45, 7) is 8.07. The highest BCUT2D eigenvalue weighted by molar-refractivity contribution is 5.48. The van der Waals surface area contributed by atoms with E-state index in [2.05, 4.69) is 35.9 Å². The molecule has 0 aromatic carbocycles. The summed E-state index contributed by atoms with van der Waals surface area (Å²) >= 11 is 0. The van der Waals surface area contributed by atoms with Crippen LogP contribution in [0.15, 0.2) is 30.7 Å². The average Bonchev–Trinajstić information content (AvgIpc) is 3.41. The fourth-order valence-corrected chi connectivity index (χ4v) is 4.58. The van der Waals surface area contributed by atoms with Gasteiger partial charge in [0, 0.05) is 70.1 Å². The molecule has 3 aromatic rings. The largest absolute Gasteiger partial charge is 0.356 e. The van der Waals surface area contributed by atoms with Crippen molar-refractivity contribution in [1.82, 2.24) is 29.7 Å². The number of aromatic nitrogens is 6. The molecule has 3 aromatic heterocycles. The Bertz CT molecular complexity index is 1050. The molecule has 0 radical (unpaired) electrons. The summed E-state index contributed by atoms with van der Waals surface area (Å²) in [5, 5.41) is 4.55. The molecule has 9 heteroatoms. The van der Waals surface area contributed by atoms with Gasteiger partial charge < -0.3 is 14.7 Å². The molecule has 156 valence electrons. The minimum atomic E-state index is 0.606. The standard InChI is InChI=1S/C21H27N9/c1-14-7-15(2)30(26-14)20-8-19(23-13-24-20)29-11-16-9-28(10-17(16)12-29)18-5-6-22-21(25-18)27(3)4/h5-8,13,16-17H,9-12H2,1-4H3. The third-order valence-electron chi connectivity index (χ3n) is 6.03. The number of fused-ring (bicyclic) bond motifs is 1. The van der Waals surface area contributed by atoms with Crippen molar-refractivity contribution in [2.45, 2.75) is 13.8 Å². The van der Waals surface area contributed by atoms with Crippen LogP contribution in [0.3, 0.4) is 0 Å². The third kappa shape index (κ3) is 3.34. The molecule has 2 saturated heterocycles. The Morgan fingerprint density at radius 2 is 1.53 bits per heavy atom. The first-order valence-electron chi connectivity index (χ1n) is 10.3. The lowest BCUT2D eigenvalue weighted by atomic mass is 10.0. The molecular formula is C21H27N9. The normalized spacial score (nSPS) is 20.7. The van der Waals surface area contributed by atoms with Crippen LogP contribution in [0.5, 0.6) is 0 Å². The summed E-state index contributed by atoms with van der Waals surface area (Å²) in [4.78, 5) is 24.8. The van der Waals surface area contributed by atoms with Gasteiger partial charge in [0.15, 0.2) is 5.82 Å². The van der Waals surface area contributed by atoms with E-state index in [1.165, 1.54) is 0 Å². The van der Waals surface area contributed by atoms with Crippen LogP contribution in [0.1, 0.15) is 11.4 Å². The van der Waals surface area contributed by atoms with Crippen molar-refractivity contribution < 1.29 is 0 Å². The number of anilines is 3. The van der Waals surface area contributed by atoms with Gasteiger partial charge in [0.25, 0.3) is 0 Å². The lowest BCUT2D eigenvalue weighted by molar-refractivity contribution is 0.533. The quantitative estimate of drug-likeness (QED) is 0.649. The van der Waals surface area contributed by atoms with Gasteiger partial charge in [-0.3, -0.25) is 0 Å². The molecule has 2 unspecified atom stereocenters. The van der Waals surface area contributed by atoms with Gasteiger partial charge in [0.05, 0.1) is 5.69 Å². The second-order valence-electron chi connectivity index (χ2n) is 8.51. The highest BCUT2D eigenvalue weighted by Gasteiger charge is 2.41.